The van der Waals surface area contributed by atoms with Crippen molar-refractivity contribution < 1.29 is 5.21 Å². The van der Waals surface area contributed by atoms with E-state index in [1.165, 1.54) is 5.06 Å². The SMILES string of the molecule is CNc1nc(N)nc(NC2CCN(O)C(C)C2)n1. The third-order valence-corrected chi connectivity index (χ3v) is 3.05. The van der Waals surface area contributed by atoms with Crippen LogP contribution in [0.1, 0.15) is 19.8 Å². The first kappa shape index (κ1) is 12.8. The fourth-order valence-electron chi connectivity index (χ4n) is 2.04. The van der Waals surface area contributed by atoms with Gasteiger partial charge < -0.3 is 21.6 Å². The first-order valence-electron chi connectivity index (χ1n) is 6.00. The van der Waals surface area contributed by atoms with Crippen LogP contribution in [-0.4, -0.2) is 50.9 Å². The number of anilines is 3. The molecule has 2 unspecified atom stereocenters. The Kier molecular flexibility index (Phi) is 3.78. The standard InChI is InChI=1S/C10H19N7O/c1-6-5-7(3-4-17(6)18)13-10-15-8(11)14-9(12-2)16-10/h6-7,18H,3-5H2,1-2H3,(H4,11,12,13,14,15,16). The molecule has 1 aromatic heterocycles. The summed E-state index contributed by atoms with van der Waals surface area (Å²) in [4.78, 5) is 12.2. The van der Waals surface area contributed by atoms with Crippen LogP contribution in [0.5, 0.6) is 0 Å². The molecule has 100 valence electrons. The molecule has 2 heterocycles. The molecule has 18 heavy (non-hydrogen) atoms. The van der Waals surface area contributed by atoms with Crippen molar-refractivity contribution >= 4 is 17.8 Å². The number of nitrogens with zero attached hydrogens (tertiary/aromatic N) is 4. The van der Waals surface area contributed by atoms with E-state index in [4.69, 9.17) is 5.73 Å². The smallest absolute Gasteiger partial charge is 0.229 e. The van der Waals surface area contributed by atoms with E-state index in [0.29, 0.717) is 18.4 Å². The summed E-state index contributed by atoms with van der Waals surface area (Å²) in [6, 6.07) is 0.356. The summed E-state index contributed by atoms with van der Waals surface area (Å²) < 4.78 is 0. The van der Waals surface area contributed by atoms with Gasteiger partial charge in [0, 0.05) is 25.7 Å². The highest BCUT2D eigenvalue weighted by Crippen LogP contribution is 2.18. The third-order valence-electron chi connectivity index (χ3n) is 3.05. The van der Waals surface area contributed by atoms with Crippen molar-refractivity contribution in [2.75, 3.05) is 30.0 Å². The molecule has 1 aromatic rings. The van der Waals surface area contributed by atoms with Gasteiger partial charge in [0.1, 0.15) is 0 Å². The lowest BCUT2D eigenvalue weighted by atomic mass is 10.0. The van der Waals surface area contributed by atoms with Gasteiger partial charge in [-0.15, -0.1) is 0 Å². The van der Waals surface area contributed by atoms with E-state index in [1.807, 2.05) is 6.92 Å². The van der Waals surface area contributed by atoms with Gasteiger partial charge >= 0.3 is 0 Å². The molecule has 0 radical (unpaired) electrons. The average molecular weight is 253 g/mol. The first-order valence-corrected chi connectivity index (χ1v) is 6.00. The Morgan fingerprint density at radius 3 is 2.72 bits per heavy atom. The maximum Gasteiger partial charge on any atom is 0.229 e. The van der Waals surface area contributed by atoms with Gasteiger partial charge in [-0.05, 0) is 19.8 Å². The molecule has 1 saturated heterocycles. The zero-order chi connectivity index (χ0) is 13.1. The number of nitrogens with two attached hydrogens (primary N) is 1. The molecular weight excluding hydrogens is 234 g/mol. The largest absolute Gasteiger partial charge is 0.368 e. The molecule has 0 aliphatic carbocycles. The Morgan fingerprint density at radius 2 is 2.06 bits per heavy atom. The van der Waals surface area contributed by atoms with Crippen LogP contribution in [-0.2, 0) is 0 Å². The van der Waals surface area contributed by atoms with Crippen molar-refractivity contribution in [2.45, 2.75) is 31.8 Å². The number of nitrogens with one attached hydrogen (secondary N) is 2. The Labute approximate surface area is 106 Å². The number of hydroxylamine groups is 2. The second kappa shape index (κ2) is 5.32. The van der Waals surface area contributed by atoms with E-state index >= 15 is 0 Å². The van der Waals surface area contributed by atoms with Crippen LogP contribution in [0.25, 0.3) is 0 Å². The first-order chi connectivity index (χ1) is 8.58. The lowest BCUT2D eigenvalue weighted by molar-refractivity contribution is -0.137. The highest BCUT2D eigenvalue weighted by Gasteiger charge is 2.24. The molecule has 0 amide bonds. The molecule has 1 fully saturated rings. The van der Waals surface area contributed by atoms with Crippen molar-refractivity contribution in [3.8, 4) is 0 Å². The van der Waals surface area contributed by atoms with E-state index in [0.717, 1.165) is 12.8 Å². The van der Waals surface area contributed by atoms with Gasteiger partial charge in [-0.3, -0.25) is 0 Å². The summed E-state index contributed by atoms with van der Waals surface area (Å²) in [7, 11) is 1.73. The summed E-state index contributed by atoms with van der Waals surface area (Å²) >= 11 is 0. The van der Waals surface area contributed by atoms with Gasteiger partial charge in [0.25, 0.3) is 0 Å². The van der Waals surface area contributed by atoms with Gasteiger partial charge in [-0.1, -0.05) is 0 Å². The minimum atomic E-state index is 0.124. The van der Waals surface area contributed by atoms with Crippen molar-refractivity contribution in [1.82, 2.24) is 20.0 Å². The number of hydrogen-bond acceptors (Lipinski definition) is 8. The lowest BCUT2D eigenvalue weighted by Gasteiger charge is -2.33. The maximum atomic E-state index is 9.52. The highest BCUT2D eigenvalue weighted by atomic mass is 16.5. The van der Waals surface area contributed by atoms with E-state index in [9.17, 15) is 5.21 Å². The fourth-order valence-corrected chi connectivity index (χ4v) is 2.04. The zero-order valence-corrected chi connectivity index (χ0v) is 10.6. The van der Waals surface area contributed by atoms with E-state index in [2.05, 4.69) is 25.6 Å². The summed E-state index contributed by atoms with van der Waals surface area (Å²) in [6.07, 6.45) is 1.66. The topological polar surface area (TPSA) is 112 Å². The Hall–Kier alpha value is -1.67. The Morgan fingerprint density at radius 1 is 1.33 bits per heavy atom. The van der Waals surface area contributed by atoms with E-state index < -0.39 is 0 Å². The second-order valence-electron chi connectivity index (χ2n) is 4.47. The van der Waals surface area contributed by atoms with Gasteiger partial charge in [-0.2, -0.15) is 20.0 Å². The van der Waals surface area contributed by atoms with Crippen molar-refractivity contribution in [1.29, 1.82) is 0 Å². The summed E-state index contributed by atoms with van der Waals surface area (Å²) in [5.41, 5.74) is 5.60. The minimum Gasteiger partial charge on any atom is -0.368 e. The molecule has 8 nitrogen and oxygen atoms in total. The molecule has 2 atom stereocenters. The normalized spacial score (nSPS) is 24.8. The summed E-state index contributed by atoms with van der Waals surface area (Å²) in [5.74, 6) is 1.09. The van der Waals surface area contributed by atoms with Gasteiger partial charge in [-0.25, -0.2) is 0 Å². The van der Waals surface area contributed by atoms with Gasteiger partial charge in [0.15, 0.2) is 0 Å². The molecule has 0 spiro atoms. The van der Waals surface area contributed by atoms with Crippen LogP contribution in [0.15, 0.2) is 0 Å². The van der Waals surface area contributed by atoms with E-state index in [-0.39, 0.29) is 18.0 Å². The van der Waals surface area contributed by atoms with Crippen LogP contribution in [0.2, 0.25) is 0 Å². The molecule has 8 heteroatoms. The van der Waals surface area contributed by atoms with Crippen LogP contribution in [0.4, 0.5) is 17.8 Å². The van der Waals surface area contributed by atoms with Gasteiger partial charge in [0.05, 0.1) is 0 Å². The number of aromatic nitrogens is 3. The second-order valence-corrected chi connectivity index (χ2v) is 4.47. The van der Waals surface area contributed by atoms with Crippen LogP contribution < -0.4 is 16.4 Å². The Bertz CT molecular complexity index is 413. The molecule has 0 aromatic carbocycles. The molecule has 2 rings (SSSR count). The molecule has 1 aliphatic rings. The van der Waals surface area contributed by atoms with Crippen molar-refractivity contribution in [3.05, 3.63) is 0 Å². The molecule has 0 saturated carbocycles. The summed E-state index contributed by atoms with van der Waals surface area (Å²) in [5, 5.41) is 16.9. The molecular formula is C10H19N7O. The van der Waals surface area contributed by atoms with Crippen molar-refractivity contribution in [3.63, 3.8) is 0 Å². The maximum absolute atomic E-state index is 9.52. The minimum absolute atomic E-state index is 0.124. The number of piperidine rings is 1. The average Bonchev–Trinajstić information content (AvgIpc) is 2.33. The molecule has 0 bridgehead atoms. The molecule has 5 N–H and O–H groups in total. The lowest BCUT2D eigenvalue weighted by Crippen LogP contribution is -2.43. The fraction of sp³-hybridized carbons (Fsp3) is 0.700. The monoisotopic (exact) mass is 253 g/mol. The third kappa shape index (κ3) is 2.96. The highest BCUT2D eigenvalue weighted by molar-refractivity contribution is 5.40. The number of hydrogen-bond donors (Lipinski definition) is 4. The van der Waals surface area contributed by atoms with Crippen LogP contribution >= 0.6 is 0 Å². The van der Waals surface area contributed by atoms with Gasteiger partial charge in [0.2, 0.25) is 17.8 Å². The predicted molar refractivity (Wildman–Crippen MR) is 68.4 cm³/mol. The Balaban J connectivity index is 2.03. The van der Waals surface area contributed by atoms with Crippen LogP contribution in [0, 0.1) is 0 Å². The quantitative estimate of drug-likeness (QED) is 0.602. The number of rotatable bonds is 3. The summed E-state index contributed by atoms with van der Waals surface area (Å²) in [6.45, 7) is 2.62. The van der Waals surface area contributed by atoms with Crippen molar-refractivity contribution in [2.24, 2.45) is 0 Å². The van der Waals surface area contributed by atoms with Crippen LogP contribution in [0.3, 0.4) is 0 Å². The predicted octanol–water partition coefficient (Wildman–Crippen LogP) is 0.149. The van der Waals surface area contributed by atoms with E-state index in [1.54, 1.807) is 7.05 Å². The zero-order valence-electron chi connectivity index (χ0n) is 10.6. The molecule has 1 aliphatic heterocycles. The number of nitrogen functional groups attached to an aromatic ring is 1.